The van der Waals surface area contributed by atoms with Crippen LogP contribution in [0.15, 0.2) is 29.2 Å². The first kappa shape index (κ1) is 17.9. The van der Waals surface area contributed by atoms with Crippen LogP contribution in [0.1, 0.15) is 45.4 Å². The Hall–Kier alpha value is -1.44. The van der Waals surface area contributed by atoms with Gasteiger partial charge in [0.05, 0.1) is 10.4 Å². The van der Waals surface area contributed by atoms with Crippen LogP contribution < -0.4 is 15.8 Å². The Bertz CT molecular complexity index is 635. The number of rotatable bonds is 6. The molecule has 4 N–H and O–H groups in total. The van der Waals surface area contributed by atoms with Crippen molar-refractivity contribution in [2.24, 2.45) is 5.73 Å². The van der Waals surface area contributed by atoms with E-state index in [-0.39, 0.29) is 10.8 Å². The fraction of sp³-hybridized carbons (Fsp3) is 0.562. The number of amides is 1. The van der Waals surface area contributed by atoms with Crippen molar-refractivity contribution < 1.29 is 13.2 Å². The van der Waals surface area contributed by atoms with E-state index in [0.717, 1.165) is 25.7 Å². The minimum absolute atomic E-state index is 0.184. The van der Waals surface area contributed by atoms with Crippen molar-refractivity contribution in [1.82, 2.24) is 4.72 Å². The Labute approximate surface area is 137 Å². The summed E-state index contributed by atoms with van der Waals surface area (Å²) in [7, 11) is -3.49. The lowest BCUT2D eigenvalue weighted by atomic mass is 9.82. The summed E-state index contributed by atoms with van der Waals surface area (Å²) in [6, 6.07) is 6.14. The van der Waals surface area contributed by atoms with Gasteiger partial charge in [-0.15, -0.1) is 0 Å². The van der Waals surface area contributed by atoms with Gasteiger partial charge in [0.1, 0.15) is 0 Å². The first-order chi connectivity index (χ1) is 10.9. The number of carbonyl (C=O) groups is 1. The van der Waals surface area contributed by atoms with Gasteiger partial charge < -0.3 is 11.1 Å². The highest BCUT2D eigenvalue weighted by Gasteiger charge is 2.35. The first-order valence-electron chi connectivity index (χ1n) is 8.07. The monoisotopic (exact) mass is 339 g/mol. The average Bonchev–Trinajstić information content (AvgIpc) is 2.54. The fourth-order valence-electron chi connectivity index (χ4n) is 2.70. The van der Waals surface area contributed by atoms with Gasteiger partial charge in [-0.3, -0.25) is 4.79 Å². The molecule has 2 rings (SSSR count). The molecule has 0 aromatic heterocycles. The molecular weight excluding hydrogens is 314 g/mol. The smallest absolute Gasteiger partial charge is 0.244 e. The van der Waals surface area contributed by atoms with E-state index in [0.29, 0.717) is 25.1 Å². The Morgan fingerprint density at radius 1 is 1.17 bits per heavy atom. The topological polar surface area (TPSA) is 101 Å². The molecule has 0 atom stereocenters. The summed E-state index contributed by atoms with van der Waals surface area (Å²) >= 11 is 0. The van der Waals surface area contributed by atoms with E-state index in [9.17, 15) is 13.2 Å². The van der Waals surface area contributed by atoms with Crippen LogP contribution >= 0.6 is 0 Å². The van der Waals surface area contributed by atoms with Gasteiger partial charge in [-0.2, -0.15) is 0 Å². The maximum absolute atomic E-state index is 12.3. The molecule has 6 nitrogen and oxygen atoms in total. The van der Waals surface area contributed by atoms with Crippen molar-refractivity contribution in [3.05, 3.63) is 24.3 Å². The minimum atomic E-state index is -3.49. The third-order valence-corrected chi connectivity index (χ3v) is 5.64. The number of sulfonamides is 1. The molecule has 0 saturated heterocycles. The highest BCUT2D eigenvalue weighted by atomic mass is 32.2. The maximum Gasteiger partial charge on any atom is 0.244 e. The van der Waals surface area contributed by atoms with E-state index < -0.39 is 15.6 Å². The molecule has 1 aromatic rings. The molecular formula is C16H25N3O3S. The van der Waals surface area contributed by atoms with Gasteiger partial charge in [0.15, 0.2) is 0 Å². The number of nitrogens with one attached hydrogen (secondary N) is 2. The van der Waals surface area contributed by atoms with E-state index in [1.807, 2.05) is 6.92 Å². The highest BCUT2D eigenvalue weighted by Crippen LogP contribution is 2.27. The molecule has 128 valence electrons. The van der Waals surface area contributed by atoms with Gasteiger partial charge in [0.2, 0.25) is 15.9 Å². The molecule has 7 heteroatoms. The van der Waals surface area contributed by atoms with Crippen LogP contribution in [0, 0.1) is 0 Å². The average molecular weight is 339 g/mol. The zero-order valence-corrected chi connectivity index (χ0v) is 14.3. The van der Waals surface area contributed by atoms with Crippen LogP contribution in [0.2, 0.25) is 0 Å². The summed E-state index contributed by atoms with van der Waals surface area (Å²) in [6.45, 7) is 2.30. The normalized spacial score (nSPS) is 17.7. The van der Waals surface area contributed by atoms with Gasteiger partial charge in [-0.05, 0) is 43.5 Å². The van der Waals surface area contributed by atoms with Gasteiger partial charge in [0.25, 0.3) is 0 Å². The van der Waals surface area contributed by atoms with Crippen LogP contribution in [0.3, 0.4) is 0 Å². The zero-order chi connectivity index (χ0) is 16.9. The van der Waals surface area contributed by atoms with Crippen molar-refractivity contribution in [2.45, 2.75) is 55.9 Å². The number of hydrogen-bond acceptors (Lipinski definition) is 4. The zero-order valence-electron chi connectivity index (χ0n) is 13.5. The number of carbonyl (C=O) groups excluding carboxylic acids is 1. The summed E-state index contributed by atoms with van der Waals surface area (Å²) < 4.78 is 26.5. The SMILES string of the molecule is CCCNS(=O)(=O)c1ccc(NC(=O)C2(N)CCCCC2)cc1. The van der Waals surface area contributed by atoms with Gasteiger partial charge in [-0.25, -0.2) is 13.1 Å². The van der Waals surface area contributed by atoms with Crippen molar-refractivity contribution in [3.8, 4) is 0 Å². The van der Waals surface area contributed by atoms with Crippen LogP contribution in [0.5, 0.6) is 0 Å². The summed E-state index contributed by atoms with van der Waals surface area (Å²) in [5.41, 5.74) is 5.93. The Balaban J connectivity index is 2.04. The molecule has 0 aliphatic heterocycles. The predicted octanol–water partition coefficient (Wildman–Crippen LogP) is 1.97. The molecule has 0 heterocycles. The predicted molar refractivity (Wildman–Crippen MR) is 90.6 cm³/mol. The van der Waals surface area contributed by atoms with Crippen molar-refractivity contribution >= 4 is 21.6 Å². The quantitative estimate of drug-likeness (QED) is 0.737. The standard InChI is InChI=1S/C16H25N3O3S/c1-2-12-18-23(21,22)14-8-6-13(7-9-14)19-15(20)16(17)10-4-3-5-11-16/h6-9,18H,2-5,10-12,17H2,1H3,(H,19,20). The van der Waals surface area contributed by atoms with Crippen LogP contribution in [-0.2, 0) is 14.8 Å². The molecule has 23 heavy (non-hydrogen) atoms. The molecule has 0 spiro atoms. The summed E-state index contributed by atoms with van der Waals surface area (Å²) in [4.78, 5) is 12.5. The third-order valence-electron chi connectivity index (χ3n) is 4.16. The van der Waals surface area contributed by atoms with Gasteiger partial charge >= 0.3 is 0 Å². The Morgan fingerprint density at radius 3 is 2.35 bits per heavy atom. The molecule has 1 aliphatic carbocycles. The molecule has 1 saturated carbocycles. The minimum Gasteiger partial charge on any atom is -0.324 e. The second-order valence-corrected chi connectivity index (χ2v) is 7.86. The summed E-state index contributed by atoms with van der Waals surface area (Å²) in [6.07, 6.45) is 5.14. The lowest BCUT2D eigenvalue weighted by molar-refractivity contribution is -0.122. The lowest BCUT2D eigenvalue weighted by Crippen LogP contribution is -2.52. The second-order valence-electron chi connectivity index (χ2n) is 6.09. The van der Waals surface area contributed by atoms with Gasteiger partial charge in [0, 0.05) is 12.2 Å². The molecule has 1 amide bonds. The molecule has 1 fully saturated rings. The van der Waals surface area contributed by atoms with Crippen LogP contribution in [-0.4, -0.2) is 26.4 Å². The number of nitrogens with two attached hydrogens (primary N) is 1. The van der Waals surface area contributed by atoms with E-state index >= 15 is 0 Å². The largest absolute Gasteiger partial charge is 0.324 e. The van der Waals surface area contributed by atoms with E-state index in [2.05, 4.69) is 10.0 Å². The molecule has 0 unspecified atom stereocenters. The lowest BCUT2D eigenvalue weighted by Gasteiger charge is -2.31. The number of hydrogen-bond donors (Lipinski definition) is 3. The van der Waals surface area contributed by atoms with Crippen molar-refractivity contribution in [2.75, 3.05) is 11.9 Å². The van der Waals surface area contributed by atoms with Crippen molar-refractivity contribution in [3.63, 3.8) is 0 Å². The fourth-order valence-corrected chi connectivity index (χ4v) is 3.84. The maximum atomic E-state index is 12.3. The van der Waals surface area contributed by atoms with E-state index in [1.54, 1.807) is 12.1 Å². The highest BCUT2D eigenvalue weighted by molar-refractivity contribution is 7.89. The van der Waals surface area contributed by atoms with Crippen molar-refractivity contribution in [1.29, 1.82) is 0 Å². The number of anilines is 1. The molecule has 0 bridgehead atoms. The van der Waals surface area contributed by atoms with Crippen LogP contribution in [0.25, 0.3) is 0 Å². The summed E-state index contributed by atoms with van der Waals surface area (Å²) in [5.74, 6) is -0.197. The molecule has 1 aliphatic rings. The second kappa shape index (κ2) is 7.42. The van der Waals surface area contributed by atoms with E-state index in [4.69, 9.17) is 5.73 Å². The third kappa shape index (κ3) is 4.53. The molecule has 0 radical (unpaired) electrons. The Kier molecular flexibility index (Phi) is 5.78. The van der Waals surface area contributed by atoms with Gasteiger partial charge in [-0.1, -0.05) is 26.2 Å². The van der Waals surface area contributed by atoms with Crippen LogP contribution in [0.4, 0.5) is 5.69 Å². The number of benzene rings is 1. The Morgan fingerprint density at radius 2 is 1.78 bits per heavy atom. The summed E-state index contributed by atoms with van der Waals surface area (Å²) in [5, 5.41) is 2.79. The molecule has 1 aromatic carbocycles. The first-order valence-corrected chi connectivity index (χ1v) is 9.56. The van der Waals surface area contributed by atoms with E-state index in [1.165, 1.54) is 12.1 Å².